The summed E-state index contributed by atoms with van der Waals surface area (Å²) in [6.07, 6.45) is 3.38. The highest BCUT2D eigenvalue weighted by Crippen LogP contribution is 2.59. The first-order valence-electron chi connectivity index (χ1n) is 15.0. The summed E-state index contributed by atoms with van der Waals surface area (Å²) in [5.41, 5.74) is 2.38. The summed E-state index contributed by atoms with van der Waals surface area (Å²) in [5, 5.41) is 2.68. The van der Waals surface area contributed by atoms with E-state index in [2.05, 4.69) is 31.6 Å². The number of epoxide rings is 2. The summed E-state index contributed by atoms with van der Waals surface area (Å²) >= 11 is 0. The molecule has 1 aromatic rings. The number of amides is 1. The first-order valence-corrected chi connectivity index (χ1v) is 15.0. The van der Waals surface area contributed by atoms with Crippen LogP contribution in [-0.4, -0.2) is 81.0 Å². The third-order valence-corrected chi connectivity index (χ3v) is 8.74. The first kappa shape index (κ1) is 32.2. The van der Waals surface area contributed by atoms with Gasteiger partial charge in [-0.15, -0.1) is 0 Å². The van der Waals surface area contributed by atoms with Gasteiger partial charge in [0.1, 0.15) is 29.5 Å². The number of unbranched alkanes of at least 4 members (excludes halogenated alkanes) is 1. The van der Waals surface area contributed by atoms with Gasteiger partial charge in [0.15, 0.2) is 0 Å². The summed E-state index contributed by atoms with van der Waals surface area (Å²) in [5.74, 6) is -0.513. The molecule has 3 fully saturated rings. The molecule has 4 rings (SSSR count). The van der Waals surface area contributed by atoms with Crippen molar-refractivity contribution in [3.8, 4) is 0 Å². The van der Waals surface area contributed by atoms with E-state index < -0.39 is 41.9 Å². The predicted molar refractivity (Wildman–Crippen MR) is 152 cm³/mol. The Bertz CT molecular complexity index is 1060. The van der Waals surface area contributed by atoms with Crippen LogP contribution in [0.2, 0.25) is 0 Å². The predicted octanol–water partition coefficient (Wildman–Crippen LogP) is 3.94. The molecule has 1 aromatic carbocycles. The van der Waals surface area contributed by atoms with Gasteiger partial charge in [-0.05, 0) is 69.9 Å². The van der Waals surface area contributed by atoms with Crippen molar-refractivity contribution >= 4 is 18.0 Å². The second-order valence-corrected chi connectivity index (χ2v) is 12.1. The van der Waals surface area contributed by atoms with Gasteiger partial charge in [0.05, 0.1) is 31.3 Å². The lowest BCUT2D eigenvalue weighted by atomic mass is 9.68. The molecule has 1 amide bonds. The summed E-state index contributed by atoms with van der Waals surface area (Å²) in [6, 6.07) is 7.79. The Morgan fingerprint density at radius 2 is 1.83 bits per heavy atom. The van der Waals surface area contributed by atoms with Gasteiger partial charge >= 0.3 is 18.0 Å². The number of rotatable bonds is 15. The number of hydroxylamine groups is 1. The van der Waals surface area contributed by atoms with Gasteiger partial charge in [0.25, 0.3) is 0 Å². The molecule has 2 N–H and O–H groups in total. The number of esters is 1. The monoisotopic (exact) mass is 590 g/mol. The lowest BCUT2D eigenvalue weighted by Gasteiger charge is -2.42. The quantitative estimate of drug-likeness (QED) is 0.102. The molecular weight excluding hydrogens is 544 g/mol. The Morgan fingerprint density at radius 3 is 2.48 bits per heavy atom. The summed E-state index contributed by atoms with van der Waals surface area (Å²) < 4.78 is 29.0. The lowest BCUT2D eigenvalue weighted by molar-refractivity contribution is -0.143. The third-order valence-electron chi connectivity index (χ3n) is 8.74. The van der Waals surface area contributed by atoms with Crippen LogP contribution in [0.4, 0.5) is 4.79 Å². The molecule has 0 bridgehead atoms. The van der Waals surface area contributed by atoms with Crippen LogP contribution in [0.1, 0.15) is 76.1 Å². The Balaban J connectivity index is 1.25. The minimum absolute atomic E-state index is 0.0707. The van der Waals surface area contributed by atoms with Gasteiger partial charge < -0.3 is 33.8 Å². The van der Waals surface area contributed by atoms with E-state index in [0.717, 1.165) is 19.3 Å². The molecule has 2 heterocycles. The molecule has 42 heavy (non-hydrogen) atoms. The minimum Gasteiger partial charge on any atom is -0.467 e. The zero-order valence-corrected chi connectivity index (χ0v) is 25.4. The molecule has 3 aliphatic rings. The Kier molecular flexibility index (Phi) is 10.9. The Hall–Kier alpha value is -2.73. The molecule has 1 spiro atoms. The van der Waals surface area contributed by atoms with Crippen molar-refractivity contribution in [1.82, 2.24) is 10.8 Å². The molecule has 0 radical (unpaired) electrons. The maximum absolute atomic E-state index is 13.0. The number of alkyl carbamates (subject to hydrolysis) is 1. The van der Waals surface area contributed by atoms with E-state index in [1.54, 1.807) is 31.4 Å². The zero-order valence-electron chi connectivity index (χ0n) is 25.4. The first-order chi connectivity index (χ1) is 20.1. The smallest absolute Gasteiger partial charge is 0.408 e. The number of hydrogen-bond donors (Lipinski definition) is 2. The van der Waals surface area contributed by atoms with Crippen LogP contribution in [0.5, 0.6) is 0 Å². The van der Waals surface area contributed by atoms with Crippen LogP contribution in [-0.2, 0) is 33.3 Å². The highest BCUT2D eigenvalue weighted by Gasteiger charge is 2.72. The molecule has 2 aliphatic heterocycles. The fraction of sp³-hybridized carbons (Fsp3) is 0.710. The minimum atomic E-state index is -0.877. The van der Waals surface area contributed by atoms with Crippen LogP contribution in [0, 0.1) is 11.8 Å². The number of ether oxygens (including phenoxy) is 5. The van der Waals surface area contributed by atoms with E-state index in [0.29, 0.717) is 50.3 Å². The molecule has 11 heteroatoms. The molecule has 7 atom stereocenters. The van der Waals surface area contributed by atoms with Crippen molar-refractivity contribution in [2.75, 3.05) is 27.4 Å². The molecule has 234 valence electrons. The van der Waals surface area contributed by atoms with Gasteiger partial charge in [-0.1, -0.05) is 32.0 Å². The Labute approximate surface area is 248 Å². The topological polar surface area (TPSA) is 137 Å². The van der Waals surface area contributed by atoms with Crippen molar-refractivity contribution in [3.63, 3.8) is 0 Å². The number of nitrogens with one attached hydrogen (secondary N) is 2. The second-order valence-electron chi connectivity index (χ2n) is 12.1. The third kappa shape index (κ3) is 7.80. The summed E-state index contributed by atoms with van der Waals surface area (Å²) in [7, 11) is 2.91. The van der Waals surface area contributed by atoms with Gasteiger partial charge in [0.2, 0.25) is 0 Å². The van der Waals surface area contributed by atoms with Gasteiger partial charge in [-0.2, -0.15) is 5.48 Å². The summed E-state index contributed by atoms with van der Waals surface area (Å²) in [4.78, 5) is 42.5. The number of benzene rings is 1. The molecule has 1 saturated carbocycles. The number of carbonyl (C=O) groups excluding carboxylic acids is 3. The fourth-order valence-corrected chi connectivity index (χ4v) is 6.28. The van der Waals surface area contributed by atoms with E-state index in [-0.39, 0.29) is 17.6 Å². The van der Waals surface area contributed by atoms with Crippen LogP contribution in [0.25, 0.3) is 0 Å². The van der Waals surface area contributed by atoms with Crippen molar-refractivity contribution in [1.29, 1.82) is 0 Å². The van der Waals surface area contributed by atoms with E-state index in [9.17, 15) is 14.4 Å². The van der Waals surface area contributed by atoms with E-state index in [1.165, 1.54) is 7.11 Å². The largest absolute Gasteiger partial charge is 0.467 e. The average molecular weight is 591 g/mol. The van der Waals surface area contributed by atoms with Gasteiger partial charge in [-0.25, -0.2) is 14.4 Å². The summed E-state index contributed by atoms with van der Waals surface area (Å²) in [6.45, 7) is 7.56. The SMILES string of the molecule is COC(=O)C(CCCCNOC(=O)c1ccccc1)NC(=O)OC1CCC2(CO2)C(C2(C)OC2CCC(C)C)C1OC. The van der Waals surface area contributed by atoms with E-state index in [1.807, 2.05) is 6.07 Å². The van der Waals surface area contributed by atoms with Crippen molar-refractivity contribution < 1.29 is 42.9 Å². The van der Waals surface area contributed by atoms with Crippen LogP contribution in [0.15, 0.2) is 30.3 Å². The average Bonchev–Trinajstić information content (AvgIpc) is 3.90. The zero-order chi connectivity index (χ0) is 30.3. The molecule has 7 unspecified atom stereocenters. The highest BCUT2D eigenvalue weighted by molar-refractivity contribution is 5.89. The van der Waals surface area contributed by atoms with Crippen LogP contribution < -0.4 is 10.8 Å². The Morgan fingerprint density at radius 1 is 1.10 bits per heavy atom. The standard InChI is InChI=1S/C31H46N2O9/c1-20(2)14-15-24-30(3,41-24)26-25(37-4)23(16-17-31(26)19-39-31)40-29(36)33-22(28(35)38-5)13-9-10-18-32-42-27(34)21-11-7-6-8-12-21/h6-8,11-12,20,22-26,32H,9-10,13-19H2,1-5H3,(H,33,36). The molecular formula is C31H46N2O9. The van der Waals surface area contributed by atoms with Crippen molar-refractivity contribution in [2.45, 2.75) is 101 Å². The second kappa shape index (κ2) is 14.2. The normalized spacial score (nSPS) is 30.4. The van der Waals surface area contributed by atoms with Gasteiger partial charge in [-0.3, -0.25) is 0 Å². The lowest BCUT2D eigenvalue weighted by Crippen LogP contribution is -2.56. The van der Waals surface area contributed by atoms with Gasteiger partial charge in [0, 0.05) is 13.7 Å². The molecule has 2 saturated heterocycles. The number of hydrogen-bond acceptors (Lipinski definition) is 10. The van der Waals surface area contributed by atoms with Crippen LogP contribution in [0.3, 0.4) is 0 Å². The van der Waals surface area contributed by atoms with Crippen LogP contribution >= 0.6 is 0 Å². The maximum atomic E-state index is 13.0. The fourth-order valence-electron chi connectivity index (χ4n) is 6.28. The maximum Gasteiger partial charge on any atom is 0.408 e. The number of carbonyl (C=O) groups is 3. The molecule has 11 nitrogen and oxygen atoms in total. The number of methoxy groups -OCH3 is 2. The van der Waals surface area contributed by atoms with Crippen molar-refractivity contribution in [2.24, 2.45) is 11.8 Å². The molecule has 1 aliphatic carbocycles. The van der Waals surface area contributed by atoms with E-state index in [4.69, 9.17) is 28.5 Å². The van der Waals surface area contributed by atoms with E-state index >= 15 is 0 Å². The molecule has 0 aromatic heterocycles. The highest BCUT2D eigenvalue weighted by atomic mass is 16.7. The van der Waals surface area contributed by atoms with Crippen molar-refractivity contribution in [3.05, 3.63) is 35.9 Å².